The van der Waals surface area contributed by atoms with Gasteiger partial charge in [-0.05, 0) is 30.9 Å². The van der Waals surface area contributed by atoms with Gasteiger partial charge in [0.15, 0.2) is 11.6 Å². The first kappa shape index (κ1) is 17.5. The van der Waals surface area contributed by atoms with Crippen LogP contribution in [0.15, 0.2) is 18.3 Å². The first-order chi connectivity index (χ1) is 11.0. The Hall–Kier alpha value is -1.89. The van der Waals surface area contributed by atoms with Gasteiger partial charge in [-0.3, -0.25) is 0 Å². The van der Waals surface area contributed by atoms with Gasteiger partial charge in [0.25, 0.3) is 0 Å². The Labute approximate surface area is 136 Å². The summed E-state index contributed by atoms with van der Waals surface area (Å²) in [4.78, 5) is 17.7. The van der Waals surface area contributed by atoms with E-state index in [1.807, 2.05) is 18.7 Å². The van der Waals surface area contributed by atoms with Gasteiger partial charge in [0.05, 0.1) is 6.10 Å². The number of hydrogen-bond donors (Lipinski definition) is 3. The van der Waals surface area contributed by atoms with E-state index in [1.165, 1.54) is 6.07 Å². The van der Waals surface area contributed by atoms with E-state index in [0.717, 1.165) is 6.42 Å². The van der Waals surface area contributed by atoms with Gasteiger partial charge in [0.1, 0.15) is 0 Å². The van der Waals surface area contributed by atoms with Crippen LogP contribution in [0.4, 0.5) is 15.0 Å². The number of aliphatic hydroxyl groups is 1. The van der Waals surface area contributed by atoms with E-state index in [9.17, 15) is 14.3 Å². The first-order valence-electron chi connectivity index (χ1n) is 8.03. The van der Waals surface area contributed by atoms with Crippen molar-refractivity contribution in [2.24, 2.45) is 5.92 Å². The third-order valence-electron chi connectivity index (χ3n) is 3.80. The highest BCUT2D eigenvalue weighted by Gasteiger charge is 2.26. The normalized spacial score (nSPS) is 19.0. The minimum atomic E-state index is -0.538. The number of carbonyl (C=O) groups is 1. The molecule has 2 amide bonds. The maximum absolute atomic E-state index is 13.7. The summed E-state index contributed by atoms with van der Waals surface area (Å²) in [6.07, 6.45) is 2.40. The monoisotopic (exact) mass is 324 g/mol. The minimum Gasteiger partial charge on any atom is -0.391 e. The molecule has 6 nitrogen and oxygen atoms in total. The van der Waals surface area contributed by atoms with Crippen LogP contribution in [0, 0.1) is 11.7 Å². The fraction of sp³-hybridized carbons (Fsp3) is 0.625. The predicted octanol–water partition coefficient (Wildman–Crippen LogP) is 1.51. The van der Waals surface area contributed by atoms with E-state index in [1.54, 1.807) is 12.3 Å². The zero-order chi connectivity index (χ0) is 16.8. The lowest BCUT2D eigenvalue weighted by molar-refractivity contribution is 0.146. The summed E-state index contributed by atoms with van der Waals surface area (Å²) in [6.45, 7) is 5.44. The molecule has 23 heavy (non-hydrogen) atoms. The molecule has 1 aromatic rings. The maximum Gasteiger partial charge on any atom is 0.315 e. The Morgan fingerprint density at radius 3 is 3.04 bits per heavy atom. The molecule has 2 rings (SSSR count). The van der Waals surface area contributed by atoms with Gasteiger partial charge >= 0.3 is 6.03 Å². The SMILES string of the molecule is CC(C)CC(O)CNC(=O)NC1CCN(c2ncccc2F)C1. The van der Waals surface area contributed by atoms with Crippen molar-refractivity contribution in [1.82, 2.24) is 15.6 Å². The zero-order valence-corrected chi connectivity index (χ0v) is 13.6. The number of anilines is 1. The second kappa shape index (κ2) is 8.10. The molecule has 128 valence electrons. The minimum absolute atomic E-state index is 0.0568. The van der Waals surface area contributed by atoms with Crippen molar-refractivity contribution in [3.63, 3.8) is 0 Å². The van der Waals surface area contributed by atoms with Gasteiger partial charge in [-0.1, -0.05) is 13.8 Å². The molecule has 0 saturated carbocycles. The quantitative estimate of drug-likeness (QED) is 0.741. The summed E-state index contributed by atoms with van der Waals surface area (Å²) in [7, 11) is 0. The number of aromatic nitrogens is 1. The molecule has 1 aliphatic rings. The van der Waals surface area contributed by atoms with Crippen molar-refractivity contribution in [2.75, 3.05) is 24.5 Å². The van der Waals surface area contributed by atoms with Crippen LogP contribution in [-0.2, 0) is 0 Å². The Morgan fingerprint density at radius 1 is 1.57 bits per heavy atom. The standard InChI is InChI=1S/C16H25FN4O2/c1-11(2)8-13(22)9-19-16(23)20-12-5-7-21(10-12)15-14(17)4-3-6-18-15/h3-4,6,11-13,22H,5,7-10H2,1-2H3,(H2,19,20,23). The summed E-state index contributed by atoms with van der Waals surface area (Å²) in [5, 5.41) is 15.3. The third-order valence-corrected chi connectivity index (χ3v) is 3.80. The largest absolute Gasteiger partial charge is 0.391 e. The summed E-state index contributed by atoms with van der Waals surface area (Å²) < 4.78 is 13.7. The number of rotatable bonds is 6. The van der Waals surface area contributed by atoms with E-state index in [0.29, 0.717) is 31.2 Å². The molecule has 7 heteroatoms. The van der Waals surface area contributed by atoms with Crippen LogP contribution in [0.5, 0.6) is 0 Å². The number of halogens is 1. The lowest BCUT2D eigenvalue weighted by atomic mass is 10.1. The van der Waals surface area contributed by atoms with Crippen molar-refractivity contribution in [3.05, 3.63) is 24.1 Å². The molecular formula is C16H25FN4O2. The number of aliphatic hydroxyl groups excluding tert-OH is 1. The number of carbonyl (C=O) groups excluding carboxylic acids is 1. The van der Waals surface area contributed by atoms with E-state index < -0.39 is 6.10 Å². The van der Waals surface area contributed by atoms with Gasteiger partial charge in [0, 0.05) is 31.9 Å². The fourth-order valence-electron chi connectivity index (χ4n) is 2.75. The molecule has 0 bridgehead atoms. The molecule has 2 atom stereocenters. The molecule has 0 radical (unpaired) electrons. The molecule has 1 aliphatic heterocycles. The average molecular weight is 324 g/mol. The molecule has 1 fully saturated rings. The molecule has 2 heterocycles. The molecule has 2 unspecified atom stereocenters. The third kappa shape index (κ3) is 5.35. The van der Waals surface area contributed by atoms with Crippen molar-refractivity contribution < 1.29 is 14.3 Å². The van der Waals surface area contributed by atoms with Crippen molar-refractivity contribution in [1.29, 1.82) is 0 Å². The predicted molar refractivity (Wildman–Crippen MR) is 86.8 cm³/mol. The van der Waals surface area contributed by atoms with E-state index in [2.05, 4.69) is 15.6 Å². The van der Waals surface area contributed by atoms with Gasteiger partial charge in [-0.15, -0.1) is 0 Å². The number of nitrogens with zero attached hydrogens (tertiary/aromatic N) is 2. The van der Waals surface area contributed by atoms with E-state index >= 15 is 0 Å². The lowest BCUT2D eigenvalue weighted by Crippen LogP contribution is -2.45. The number of pyridine rings is 1. The van der Waals surface area contributed by atoms with Crippen molar-refractivity contribution in [2.45, 2.75) is 38.8 Å². The van der Waals surface area contributed by atoms with Crippen LogP contribution in [0.1, 0.15) is 26.7 Å². The van der Waals surface area contributed by atoms with Gasteiger partial charge < -0.3 is 20.6 Å². The maximum atomic E-state index is 13.7. The lowest BCUT2D eigenvalue weighted by Gasteiger charge is -2.19. The van der Waals surface area contributed by atoms with Gasteiger partial charge in [0.2, 0.25) is 0 Å². The molecule has 0 aromatic carbocycles. The second-order valence-corrected chi connectivity index (χ2v) is 6.38. The molecular weight excluding hydrogens is 299 g/mol. The van der Waals surface area contributed by atoms with Crippen molar-refractivity contribution >= 4 is 11.8 Å². The highest BCUT2D eigenvalue weighted by atomic mass is 19.1. The van der Waals surface area contributed by atoms with Crippen LogP contribution >= 0.6 is 0 Å². The summed E-state index contributed by atoms with van der Waals surface area (Å²) >= 11 is 0. The molecule has 0 aliphatic carbocycles. The average Bonchev–Trinajstić information content (AvgIpc) is 2.93. The number of nitrogens with one attached hydrogen (secondary N) is 2. The summed E-state index contributed by atoms with van der Waals surface area (Å²) in [5.41, 5.74) is 0. The Bertz CT molecular complexity index is 527. The summed E-state index contributed by atoms with van der Waals surface area (Å²) in [5.74, 6) is 0.352. The number of hydrogen-bond acceptors (Lipinski definition) is 4. The highest BCUT2D eigenvalue weighted by molar-refractivity contribution is 5.74. The van der Waals surface area contributed by atoms with E-state index in [-0.39, 0.29) is 24.4 Å². The molecule has 0 spiro atoms. The molecule has 1 aromatic heterocycles. The summed E-state index contributed by atoms with van der Waals surface area (Å²) in [6, 6.07) is 2.58. The first-order valence-corrected chi connectivity index (χ1v) is 8.03. The Balaban J connectivity index is 1.75. The van der Waals surface area contributed by atoms with Crippen LogP contribution < -0.4 is 15.5 Å². The van der Waals surface area contributed by atoms with Crippen molar-refractivity contribution in [3.8, 4) is 0 Å². The van der Waals surface area contributed by atoms with Gasteiger partial charge in [-0.25, -0.2) is 14.2 Å². The van der Waals surface area contributed by atoms with Gasteiger partial charge in [-0.2, -0.15) is 0 Å². The fourth-order valence-corrected chi connectivity index (χ4v) is 2.75. The number of amides is 2. The highest BCUT2D eigenvalue weighted by Crippen LogP contribution is 2.20. The Morgan fingerprint density at radius 2 is 2.35 bits per heavy atom. The Kier molecular flexibility index (Phi) is 6.15. The van der Waals surface area contributed by atoms with E-state index in [4.69, 9.17) is 0 Å². The second-order valence-electron chi connectivity index (χ2n) is 6.38. The van der Waals surface area contributed by atoms with Crippen LogP contribution in [0.2, 0.25) is 0 Å². The smallest absolute Gasteiger partial charge is 0.315 e. The molecule has 1 saturated heterocycles. The zero-order valence-electron chi connectivity index (χ0n) is 13.6. The van der Waals surface area contributed by atoms with Crippen LogP contribution in [0.25, 0.3) is 0 Å². The number of urea groups is 1. The van der Waals surface area contributed by atoms with Crippen LogP contribution in [0.3, 0.4) is 0 Å². The molecule has 3 N–H and O–H groups in total. The topological polar surface area (TPSA) is 77.5 Å². The van der Waals surface area contributed by atoms with Crippen LogP contribution in [-0.4, -0.2) is 47.9 Å².